The van der Waals surface area contributed by atoms with Crippen molar-refractivity contribution in [3.05, 3.63) is 58.3 Å². The summed E-state index contributed by atoms with van der Waals surface area (Å²) in [7, 11) is 3.12. The highest BCUT2D eigenvalue weighted by Crippen LogP contribution is 2.54. The summed E-state index contributed by atoms with van der Waals surface area (Å²) in [6.07, 6.45) is 6.16. The molecule has 2 aromatic heterocycles. The molecule has 0 saturated heterocycles. The number of hydrogen-bond acceptors (Lipinski definition) is 5. The van der Waals surface area contributed by atoms with Crippen molar-refractivity contribution < 1.29 is 9.18 Å². The van der Waals surface area contributed by atoms with E-state index in [2.05, 4.69) is 27.0 Å². The zero-order valence-electron chi connectivity index (χ0n) is 18.8. The van der Waals surface area contributed by atoms with Crippen molar-refractivity contribution in [2.45, 2.75) is 37.6 Å². The Balaban J connectivity index is 1.59. The molecule has 5 rings (SSSR count). The normalized spacial score (nSPS) is 21.3. The van der Waals surface area contributed by atoms with Crippen LogP contribution in [0.5, 0.6) is 0 Å². The lowest BCUT2D eigenvalue weighted by atomic mass is 9.80. The first-order chi connectivity index (χ1) is 15.7. The summed E-state index contributed by atoms with van der Waals surface area (Å²) < 4.78 is 17.7. The van der Waals surface area contributed by atoms with Gasteiger partial charge in [-0.2, -0.15) is 5.10 Å². The quantitative estimate of drug-likeness (QED) is 0.555. The molecule has 2 unspecified atom stereocenters. The topological polar surface area (TPSA) is 89.1 Å². The Morgan fingerprint density at radius 3 is 2.82 bits per heavy atom. The number of nitrogens with one attached hydrogen (secondary N) is 1. The second-order valence-electron chi connectivity index (χ2n) is 9.25. The van der Waals surface area contributed by atoms with E-state index in [-0.39, 0.29) is 28.3 Å². The van der Waals surface area contributed by atoms with E-state index in [1.54, 1.807) is 32.4 Å². The largest absolute Gasteiger partial charge is 0.398 e. The van der Waals surface area contributed by atoms with E-state index < -0.39 is 11.7 Å². The fourth-order valence-electron chi connectivity index (χ4n) is 5.33. The highest BCUT2D eigenvalue weighted by atomic mass is 35.5. The minimum atomic E-state index is -0.686. The van der Waals surface area contributed by atoms with Crippen LogP contribution in [0, 0.1) is 12.7 Å². The van der Waals surface area contributed by atoms with E-state index >= 15 is 4.39 Å². The van der Waals surface area contributed by atoms with Gasteiger partial charge in [0.25, 0.3) is 5.91 Å². The number of aromatic nitrogens is 3. The van der Waals surface area contributed by atoms with Crippen molar-refractivity contribution >= 4 is 29.0 Å². The molecule has 1 amide bonds. The predicted molar refractivity (Wildman–Crippen MR) is 127 cm³/mol. The number of nitrogens with two attached hydrogens (primary N) is 1. The summed E-state index contributed by atoms with van der Waals surface area (Å²) in [5.41, 5.74) is 8.41. The lowest BCUT2D eigenvalue weighted by Gasteiger charge is -2.25. The van der Waals surface area contributed by atoms with Crippen molar-refractivity contribution in [3.63, 3.8) is 0 Å². The first-order valence-corrected chi connectivity index (χ1v) is 11.3. The molecular weight excluding hydrogens is 443 g/mol. The molecule has 0 radical (unpaired) electrons. The fourth-order valence-corrected chi connectivity index (χ4v) is 5.77. The zero-order valence-corrected chi connectivity index (χ0v) is 19.6. The third-order valence-corrected chi connectivity index (χ3v) is 7.41. The maximum atomic E-state index is 15.6. The van der Waals surface area contributed by atoms with Crippen LogP contribution in [0.3, 0.4) is 0 Å². The Kier molecular flexibility index (Phi) is 5.08. The van der Waals surface area contributed by atoms with Crippen molar-refractivity contribution in [2.75, 3.05) is 31.7 Å². The predicted octanol–water partition coefficient (Wildman–Crippen LogP) is 4.42. The number of amides is 1. The molecule has 172 valence electrons. The monoisotopic (exact) mass is 468 g/mol. The summed E-state index contributed by atoms with van der Waals surface area (Å²) in [5.74, 6) is -0.445. The van der Waals surface area contributed by atoms with Crippen molar-refractivity contribution in [3.8, 4) is 11.1 Å². The molecule has 7 nitrogen and oxygen atoms in total. The number of fused-ring (bicyclic) bond motifs is 2. The van der Waals surface area contributed by atoms with Gasteiger partial charge in [-0.05, 0) is 44.4 Å². The van der Waals surface area contributed by atoms with Gasteiger partial charge in [0.1, 0.15) is 11.6 Å². The number of anilines is 2. The van der Waals surface area contributed by atoms with Crippen molar-refractivity contribution in [2.24, 2.45) is 0 Å². The lowest BCUT2D eigenvalue weighted by molar-refractivity contribution is 0.0824. The van der Waals surface area contributed by atoms with Crippen molar-refractivity contribution in [1.29, 1.82) is 0 Å². The van der Waals surface area contributed by atoms with Gasteiger partial charge in [0.2, 0.25) is 0 Å². The molecule has 1 saturated carbocycles. The standard InChI is InChI=1S/C24H26ClFN6O/c1-13-7-9-30-32(13)14-6-8-24(10-14)12-29-22-19(24)20(25)16(11-28-22)15-4-5-17(27)18(21(15)26)23(33)31(2)3/h4-5,7,9,11,14H,6,8,10,12,27H2,1-3H3,(H,28,29). The van der Waals surface area contributed by atoms with Gasteiger partial charge in [-0.15, -0.1) is 0 Å². The average Bonchev–Trinajstić information content (AvgIpc) is 3.48. The van der Waals surface area contributed by atoms with Gasteiger partial charge in [0, 0.05) is 66.5 Å². The van der Waals surface area contributed by atoms with Crippen LogP contribution in [0.1, 0.15) is 46.9 Å². The molecule has 2 atom stereocenters. The number of carbonyl (C=O) groups is 1. The maximum absolute atomic E-state index is 15.6. The second kappa shape index (κ2) is 7.73. The van der Waals surface area contributed by atoms with Gasteiger partial charge in [-0.25, -0.2) is 9.37 Å². The van der Waals surface area contributed by atoms with Crippen LogP contribution in [0.25, 0.3) is 11.1 Å². The van der Waals surface area contributed by atoms with Gasteiger partial charge < -0.3 is 16.0 Å². The minimum absolute atomic E-state index is 0.0894. The number of aryl methyl sites for hydroxylation is 1. The Morgan fingerprint density at radius 2 is 2.12 bits per heavy atom. The molecule has 0 bridgehead atoms. The number of nitrogens with zero attached hydrogens (tertiary/aromatic N) is 4. The van der Waals surface area contributed by atoms with Gasteiger partial charge in [-0.1, -0.05) is 11.6 Å². The molecule has 33 heavy (non-hydrogen) atoms. The number of benzene rings is 1. The molecular formula is C24H26ClFN6O. The van der Waals surface area contributed by atoms with Gasteiger partial charge in [0.05, 0.1) is 16.6 Å². The Hall–Kier alpha value is -3.13. The lowest BCUT2D eigenvalue weighted by Crippen LogP contribution is -2.26. The molecule has 1 aromatic carbocycles. The minimum Gasteiger partial charge on any atom is -0.398 e. The maximum Gasteiger partial charge on any atom is 0.258 e. The molecule has 1 spiro atoms. The van der Waals surface area contributed by atoms with E-state index in [0.29, 0.717) is 10.6 Å². The smallest absolute Gasteiger partial charge is 0.258 e. The second-order valence-corrected chi connectivity index (χ2v) is 9.63. The summed E-state index contributed by atoms with van der Waals surface area (Å²) >= 11 is 6.97. The van der Waals surface area contributed by atoms with Gasteiger partial charge in [0.15, 0.2) is 0 Å². The van der Waals surface area contributed by atoms with E-state index in [0.717, 1.165) is 42.9 Å². The number of hydrogen-bond donors (Lipinski definition) is 2. The highest BCUT2D eigenvalue weighted by Gasteiger charge is 2.48. The van der Waals surface area contributed by atoms with Crippen LogP contribution in [0.2, 0.25) is 5.02 Å². The molecule has 9 heteroatoms. The molecule has 2 aliphatic rings. The zero-order chi connectivity index (χ0) is 23.5. The summed E-state index contributed by atoms with van der Waals surface area (Å²) in [6, 6.07) is 5.38. The van der Waals surface area contributed by atoms with Crippen LogP contribution in [0.15, 0.2) is 30.6 Å². The van der Waals surface area contributed by atoms with E-state index in [4.69, 9.17) is 17.3 Å². The first kappa shape index (κ1) is 21.7. The molecule has 3 heterocycles. The van der Waals surface area contributed by atoms with Gasteiger partial charge in [-0.3, -0.25) is 9.48 Å². The number of pyridine rings is 1. The molecule has 3 aromatic rings. The summed E-state index contributed by atoms with van der Waals surface area (Å²) in [6.45, 7) is 2.78. The van der Waals surface area contributed by atoms with E-state index in [1.807, 2.05) is 12.3 Å². The highest BCUT2D eigenvalue weighted by molar-refractivity contribution is 6.34. The third kappa shape index (κ3) is 3.27. The third-order valence-electron chi connectivity index (χ3n) is 7.02. The van der Waals surface area contributed by atoms with Crippen LogP contribution >= 0.6 is 11.6 Å². The number of carbonyl (C=O) groups excluding carboxylic acids is 1. The SMILES string of the molecule is Cc1ccnn1C1CCC2(CNc3ncc(-c4ccc(N)c(C(=O)N(C)C)c4F)c(Cl)c32)C1. The Morgan fingerprint density at radius 1 is 1.33 bits per heavy atom. The molecule has 1 fully saturated rings. The van der Waals surface area contributed by atoms with E-state index in [1.165, 1.54) is 4.90 Å². The first-order valence-electron chi connectivity index (χ1n) is 11.0. The van der Waals surface area contributed by atoms with Crippen LogP contribution in [0.4, 0.5) is 15.9 Å². The van der Waals surface area contributed by atoms with Crippen LogP contribution < -0.4 is 11.1 Å². The molecule has 1 aliphatic heterocycles. The molecule has 1 aliphatic carbocycles. The number of halogens is 2. The fraction of sp³-hybridized carbons (Fsp3) is 0.375. The Labute approximate surface area is 196 Å². The van der Waals surface area contributed by atoms with Crippen LogP contribution in [-0.2, 0) is 5.41 Å². The van der Waals surface area contributed by atoms with Crippen LogP contribution in [-0.4, -0.2) is 46.2 Å². The summed E-state index contributed by atoms with van der Waals surface area (Å²) in [5, 5.41) is 8.38. The number of rotatable bonds is 3. The summed E-state index contributed by atoms with van der Waals surface area (Å²) in [4.78, 5) is 18.4. The van der Waals surface area contributed by atoms with Gasteiger partial charge >= 0.3 is 0 Å². The van der Waals surface area contributed by atoms with Crippen molar-refractivity contribution in [1.82, 2.24) is 19.7 Å². The van der Waals surface area contributed by atoms with E-state index in [9.17, 15) is 4.79 Å². The Bertz CT molecular complexity index is 1270. The number of nitrogen functional groups attached to an aromatic ring is 1. The average molecular weight is 469 g/mol. The molecule has 3 N–H and O–H groups in total.